The van der Waals surface area contributed by atoms with Crippen molar-refractivity contribution in [1.82, 2.24) is 10.2 Å². The normalized spacial score (nSPS) is 23.2. The number of nitrogens with one attached hydrogen (secondary N) is 1. The van der Waals surface area contributed by atoms with Crippen molar-refractivity contribution in [2.75, 3.05) is 20.2 Å². The second-order valence-corrected chi connectivity index (χ2v) is 6.49. The lowest BCUT2D eigenvalue weighted by Gasteiger charge is -2.40. The van der Waals surface area contributed by atoms with E-state index in [4.69, 9.17) is 4.74 Å². The fourth-order valence-corrected chi connectivity index (χ4v) is 3.40. The monoisotopic (exact) mass is 356 g/mol. The first-order chi connectivity index (χ1) is 10.1. The SMILES string of the molecule is CCC1CN(Cc2cc(Br)c(O)c(OC)c2)C(CC)CN1. The predicted molar refractivity (Wildman–Crippen MR) is 88.9 cm³/mol. The number of hydrogen-bond donors (Lipinski definition) is 2. The third-order valence-electron chi connectivity index (χ3n) is 4.27. The molecule has 2 N–H and O–H groups in total. The molecule has 1 saturated heterocycles. The Morgan fingerprint density at radius 3 is 2.76 bits per heavy atom. The van der Waals surface area contributed by atoms with Crippen LogP contribution in [-0.2, 0) is 6.54 Å². The maximum Gasteiger partial charge on any atom is 0.172 e. The molecule has 0 aromatic heterocycles. The van der Waals surface area contributed by atoms with Crippen LogP contribution in [0.1, 0.15) is 32.3 Å². The van der Waals surface area contributed by atoms with Crippen LogP contribution in [0.4, 0.5) is 0 Å². The molecule has 1 aliphatic rings. The van der Waals surface area contributed by atoms with Gasteiger partial charge in [0.2, 0.25) is 0 Å². The molecule has 1 fully saturated rings. The summed E-state index contributed by atoms with van der Waals surface area (Å²) in [7, 11) is 1.58. The Hall–Kier alpha value is -0.780. The van der Waals surface area contributed by atoms with Gasteiger partial charge in [-0.25, -0.2) is 0 Å². The molecule has 5 heteroatoms. The molecule has 2 unspecified atom stereocenters. The van der Waals surface area contributed by atoms with E-state index in [9.17, 15) is 5.11 Å². The van der Waals surface area contributed by atoms with Gasteiger partial charge in [0, 0.05) is 31.7 Å². The van der Waals surface area contributed by atoms with Crippen molar-refractivity contribution < 1.29 is 9.84 Å². The number of hydrogen-bond acceptors (Lipinski definition) is 4. The van der Waals surface area contributed by atoms with Crippen LogP contribution in [0.5, 0.6) is 11.5 Å². The van der Waals surface area contributed by atoms with Gasteiger partial charge in [-0.05, 0) is 46.5 Å². The Balaban J connectivity index is 2.16. The molecule has 2 rings (SSSR count). The maximum atomic E-state index is 9.91. The van der Waals surface area contributed by atoms with E-state index in [1.54, 1.807) is 7.11 Å². The smallest absolute Gasteiger partial charge is 0.172 e. The highest BCUT2D eigenvalue weighted by atomic mass is 79.9. The summed E-state index contributed by atoms with van der Waals surface area (Å²) in [5.74, 6) is 0.689. The minimum Gasteiger partial charge on any atom is -0.503 e. The summed E-state index contributed by atoms with van der Waals surface area (Å²) >= 11 is 3.40. The van der Waals surface area contributed by atoms with Crippen molar-refractivity contribution in [1.29, 1.82) is 0 Å². The van der Waals surface area contributed by atoms with Crippen molar-refractivity contribution in [2.24, 2.45) is 0 Å². The van der Waals surface area contributed by atoms with Gasteiger partial charge in [0.1, 0.15) is 0 Å². The molecule has 0 amide bonds. The lowest BCUT2D eigenvalue weighted by molar-refractivity contribution is 0.117. The number of aromatic hydroxyl groups is 1. The van der Waals surface area contributed by atoms with Gasteiger partial charge in [-0.1, -0.05) is 13.8 Å². The van der Waals surface area contributed by atoms with E-state index in [0.29, 0.717) is 22.3 Å². The van der Waals surface area contributed by atoms with Crippen LogP contribution >= 0.6 is 15.9 Å². The number of ether oxygens (including phenoxy) is 1. The lowest BCUT2D eigenvalue weighted by Crippen LogP contribution is -2.55. The molecule has 0 radical (unpaired) electrons. The summed E-state index contributed by atoms with van der Waals surface area (Å²) < 4.78 is 5.93. The molecule has 0 saturated carbocycles. The van der Waals surface area contributed by atoms with Gasteiger partial charge >= 0.3 is 0 Å². The predicted octanol–water partition coefficient (Wildman–Crippen LogP) is 3.13. The van der Waals surface area contributed by atoms with E-state index in [-0.39, 0.29) is 5.75 Å². The third kappa shape index (κ3) is 3.90. The van der Waals surface area contributed by atoms with Crippen LogP contribution in [0.3, 0.4) is 0 Å². The highest BCUT2D eigenvalue weighted by Crippen LogP contribution is 2.35. The van der Waals surface area contributed by atoms with E-state index in [1.165, 1.54) is 0 Å². The van der Waals surface area contributed by atoms with E-state index in [0.717, 1.165) is 38.0 Å². The average Bonchev–Trinajstić information content (AvgIpc) is 2.50. The molecular weight excluding hydrogens is 332 g/mol. The Bertz CT molecular complexity index is 482. The van der Waals surface area contributed by atoms with Gasteiger partial charge < -0.3 is 15.2 Å². The molecule has 1 aliphatic heterocycles. The van der Waals surface area contributed by atoms with Gasteiger partial charge in [-0.2, -0.15) is 0 Å². The average molecular weight is 357 g/mol. The molecule has 0 aliphatic carbocycles. The van der Waals surface area contributed by atoms with Crippen LogP contribution in [-0.4, -0.2) is 42.3 Å². The van der Waals surface area contributed by atoms with Gasteiger partial charge in [-0.15, -0.1) is 0 Å². The summed E-state index contributed by atoms with van der Waals surface area (Å²) in [6, 6.07) is 5.03. The Morgan fingerprint density at radius 1 is 1.38 bits per heavy atom. The van der Waals surface area contributed by atoms with Crippen molar-refractivity contribution in [3.8, 4) is 11.5 Å². The lowest BCUT2D eigenvalue weighted by atomic mass is 10.0. The molecular formula is C16H25BrN2O2. The second-order valence-electron chi connectivity index (χ2n) is 5.63. The molecule has 0 bridgehead atoms. The van der Waals surface area contributed by atoms with E-state index in [1.807, 2.05) is 12.1 Å². The van der Waals surface area contributed by atoms with Crippen molar-refractivity contribution in [3.05, 3.63) is 22.2 Å². The van der Waals surface area contributed by atoms with Gasteiger partial charge in [-0.3, -0.25) is 4.90 Å². The summed E-state index contributed by atoms with van der Waals surface area (Å²) in [5.41, 5.74) is 1.16. The van der Waals surface area contributed by atoms with Crippen LogP contribution in [0.25, 0.3) is 0 Å². The van der Waals surface area contributed by atoms with Crippen LogP contribution in [0, 0.1) is 0 Å². The second kappa shape index (κ2) is 7.47. The van der Waals surface area contributed by atoms with Crippen molar-refractivity contribution >= 4 is 15.9 Å². The zero-order valence-corrected chi connectivity index (χ0v) is 14.6. The maximum absolute atomic E-state index is 9.91. The van der Waals surface area contributed by atoms with E-state index < -0.39 is 0 Å². The number of piperazine rings is 1. The Kier molecular flexibility index (Phi) is 5.90. The first kappa shape index (κ1) is 16.6. The number of nitrogens with zero attached hydrogens (tertiary/aromatic N) is 1. The number of rotatable bonds is 5. The fraction of sp³-hybridized carbons (Fsp3) is 0.625. The quantitative estimate of drug-likeness (QED) is 0.850. The van der Waals surface area contributed by atoms with Crippen LogP contribution < -0.4 is 10.1 Å². The summed E-state index contributed by atoms with van der Waals surface area (Å²) in [6.45, 7) is 7.45. The Morgan fingerprint density at radius 2 is 2.14 bits per heavy atom. The highest BCUT2D eigenvalue weighted by molar-refractivity contribution is 9.10. The fourth-order valence-electron chi connectivity index (χ4n) is 2.91. The molecule has 0 spiro atoms. The van der Waals surface area contributed by atoms with E-state index >= 15 is 0 Å². The Labute approximate surface area is 135 Å². The topological polar surface area (TPSA) is 44.7 Å². The standard InChI is InChI=1S/C16H25BrN2O2/c1-4-12-10-19(13(5-2)8-18-12)9-11-6-14(17)16(20)15(7-11)21-3/h6-7,12-13,18,20H,4-5,8-10H2,1-3H3. The molecule has 1 heterocycles. The first-order valence-electron chi connectivity index (χ1n) is 7.61. The first-order valence-corrected chi connectivity index (χ1v) is 8.41. The summed E-state index contributed by atoms with van der Waals surface area (Å²) in [6.07, 6.45) is 2.29. The van der Waals surface area contributed by atoms with Gasteiger partial charge in [0.05, 0.1) is 11.6 Å². The van der Waals surface area contributed by atoms with Gasteiger partial charge in [0.25, 0.3) is 0 Å². The van der Waals surface area contributed by atoms with Crippen molar-refractivity contribution in [2.45, 2.75) is 45.3 Å². The largest absolute Gasteiger partial charge is 0.503 e. The number of methoxy groups -OCH3 is 1. The molecule has 21 heavy (non-hydrogen) atoms. The zero-order valence-electron chi connectivity index (χ0n) is 13.0. The van der Waals surface area contributed by atoms with Crippen LogP contribution in [0.2, 0.25) is 0 Å². The molecule has 118 valence electrons. The summed E-state index contributed by atoms with van der Waals surface area (Å²) in [4.78, 5) is 2.53. The number of benzene rings is 1. The third-order valence-corrected chi connectivity index (χ3v) is 4.88. The zero-order chi connectivity index (χ0) is 15.4. The van der Waals surface area contributed by atoms with Crippen LogP contribution in [0.15, 0.2) is 16.6 Å². The number of halogens is 1. The molecule has 4 nitrogen and oxygen atoms in total. The number of phenols is 1. The van der Waals surface area contributed by atoms with Crippen molar-refractivity contribution in [3.63, 3.8) is 0 Å². The highest BCUT2D eigenvalue weighted by Gasteiger charge is 2.26. The minimum absolute atomic E-state index is 0.167. The minimum atomic E-state index is 0.167. The molecule has 2 atom stereocenters. The van der Waals surface area contributed by atoms with Gasteiger partial charge in [0.15, 0.2) is 11.5 Å². The summed E-state index contributed by atoms with van der Waals surface area (Å²) in [5, 5.41) is 13.5. The molecule has 1 aromatic rings. The number of phenolic OH excluding ortho intramolecular Hbond substituents is 1. The van der Waals surface area contributed by atoms with E-state index in [2.05, 4.69) is 40.0 Å². The molecule has 1 aromatic carbocycles.